The van der Waals surface area contributed by atoms with E-state index in [9.17, 15) is 0 Å². The number of hydrogen-bond donors (Lipinski definition) is 0. The van der Waals surface area contributed by atoms with E-state index in [0.717, 1.165) is 12.8 Å². The molecule has 0 N–H and O–H groups in total. The van der Waals surface area contributed by atoms with Gasteiger partial charge in [-0.3, -0.25) is 0 Å². The van der Waals surface area contributed by atoms with Gasteiger partial charge < -0.3 is 0 Å². The fourth-order valence-corrected chi connectivity index (χ4v) is 1.11. The van der Waals surface area contributed by atoms with Gasteiger partial charge in [0.25, 0.3) is 0 Å². The van der Waals surface area contributed by atoms with Gasteiger partial charge in [0.05, 0.1) is 0 Å². The van der Waals surface area contributed by atoms with Crippen LogP contribution in [0.3, 0.4) is 0 Å². The zero-order chi connectivity index (χ0) is 9.23. The topological polar surface area (TPSA) is 0 Å². The molecule has 0 aromatic heterocycles. The van der Waals surface area contributed by atoms with Gasteiger partial charge in [0.2, 0.25) is 0 Å². The van der Waals surface area contributed by atoms with E-state index in [4.69, 9.17) is 0 Å². The summed E-state index contributed by atoms with van der Waals surface area (Å²) in [6, 6.07) is 0. The zero-order valence-electron chi connectivity index (χ0n) is 8.29. The van der Waals surface area contributed by atoms with Gasteiger partial charge in [-0.1, -0.05) is 37.3 Å². The van der Waals surface area contributed by atoms with Crippen molar-refractivity contribution in [1.29, 1.82) is 0 Å². The van der Waals surface area contributed by atoms with Crippen LogP contribution in [0.4, 0.5) is 0 Å². The third-order valence-electron chi connectivity index (χ3n) is 1.81. The predicted octanol–water partition coefficient (Wildman–Crippen LogP) is 4.11. The molecule has 68 valence electrons. The first-order chi connectivity index (χ1) is 5.85. The molecule has 0 spiro atoms. The summed E-state index contributed by atoms with van der Waals surface area (Å²) in [5.41, 5.74) is 0. The lowest BCUT2D eigenvalue weighted by atomic mass is 10.0. The number of allylic oxidation sites excluding steroid dienone is 5. The molecule has 0 bridgehead atoms. The monoisotopic (exact) mass is 164 g/mol. The Morgan fingerprint density at radius 1 is 1.33 bits per heavy atom. The normalized spacial score (nSPS) is 14.2. The molecule has 0 amide bonds. The van der Waals surface area contributed by atoms with E-state index >= 15 is 0 Å². The lowest BCUT2D eigenvalue weighted by molar-refractivity contribution is 0.721. The van der Waals surface area contributed by atoms with Crippen LogP contribution >= 0.6 is 0 Å². The van der Waals surface area contributed by atoms with Gasteiger partial charge in [-0.2, -0.15) is 0 Å². The van der Waals surface area contributed by atoms with Crippen molar-refractivity contribution >= 4 is 0 Å². The highest BCUT2D eigenvalue weighted by Crippen LogP contribution is 2.09. The lowest BCUT2D eigenvalue weighted by Gasteiger charge is -2.03. The van der Waals surface area contributed by atoms with Gasteiger partial charge in [-0.05, 0) is 32.1 Å². The second-order valence-corrected chi connectivity index (χ2v) is 2.88. The molecule has 0 aliphatic rings. The van der Waals surface area contributed by atoms with Crippen LogP contribution in [0, 0.1) is 5.92 Å². The molecule has 1 atom stereocenters. The fourth-order valence-electron chi connectivity index (χ4n) is 1.11. The molecule has 0 heterocycles. The molecular formula is C12H20. The summed E-state index contributed by atoms with van der Waals surface area (Å²) >= 11 is 0. The summed E-state index contributed by atoms with van der Waals surface area (Å²) in [5, 5.41) is 0. The molecule has 0 heteroatoms. The molecule has 0 aromatic carbocycles. The van der Waals surface area contributed by atoms with Crippen molar-refractivity contribution in [3.05, 3.63) is 37.0 Å². The predicted molar refractivity (Wildman–Crippen MR) is 57.2 cm³/mol. The maximum absolute atomic E-state index is 3.80. The minimum atomic E-state index is 0.552. The van der Waals surface area contributed by atoms with Crippen molar-refractivity contribution < 1.29 is 0 Å². The van der Waals surface area contributed by atoms with Crippen LogP contribution in [0.2, 0.25) is 0 Å². The van der Waals surface area contributed by atoms with Crippen LogP contribution in [0.15, 0.2) is 37.0 Å². The Hall–Kier alpha value is -0.780. The Kier molecular flexibility index (Phi) is 7.78. The first-order valence-corrected chi connectivity index (χ1v) is 4.75. The number of hydrogen-bond acceptors (Lipinski definition) is 0. The minimum absolute atomic E-state index is 0.552. The Labute approximate surface area is 76.7 Å². The standard InChI is InChI=1S/C12H20/c1-4-7-8-9-11-12(6-3)10-5-2/h5-8,10,12H,3-4,9,11H2,1-2H3. The van der Waals surface area contributed by atoms with Crippen LogP contribution in [0.5, 0.6) is 0 Å². The molecule has 0 radical (unpaired) electrons. The molecule has 0 aliphatic carbocycles. The summed E-state index contributed by atoms with van der Waals surface area (Å²) in [4.78, 5) is 0. The second kappa shape index (κ2) is 8.32. The maximum atomic E-state index is 3.80. The Morgan fingerprint density at radius 3 is 2.58 bits per heavy atom. The molecule has 0 fully saturated rings. The van der Waals surface area contributed by atoms with Crippen LogP contribution in [0.1, 0.15) is 33.1 Å². The van der Waals surface area contributed by atoms with Gasteiger partial charge in [0, 0.05) is 0 Å². The van der Waals surface area contributed by atoms with Gasteiger partial charge in [-0.15, -0.1) is 6.58 Å². The molecule has 0 aliphatic heterocycles. The third kappa shape index (κ3) is 5.96. The van der Waals surface area contributed by atoms with E-state index in [1.807, 2.05) is 6.08 Å². The highest BCUT2D eigenvalue weighted by Gasteiger charge is 1.95. The summed E-state index contributed by atoms with van der Waals surface area (Å²) in [5.74, 6) is 0.552. The highest BCUT2D eigenvalue weighted by atomic mass is 14.0. The first-order valence-electron chi connectivity index (χ1n) is 4.75. The van der Waals surface area contributed by atoms with Crippen molar-refractivity contribution in [1.82, 2.24) is 0 Å². The van der Waals surface area contributed by atoms with E-state index in [1.54, 1.807) is 0 Å². The van der Waals surface area contributed by atoms with E-state index in [1.165, 1.54) is 6.42 Å². The average molecular weight is 164 g/mol. The maximum Gasteiger partial charge on any atom is -0.00533 e. The molecular weight excluding hydrogens is 144 g/mol. The smallest absolute Gasteiger partial charge is 0.00533 e. The van der Waals surface area contributed by atoms with Crippen LogP contribution in [-0.2, 0) is 0 Å². The van der Waals surface area contributed by atoms with E-state index in [2.05, 4.69) is 44.7 Å². The van der Waals surface area contributed by atoms with E-state index in [-0.39, 0.29) is 0 Å². The summed E-state index contributed by atoms with van der Waals surface area (Å²) < 4.78 is 0. The summed E-state index contributed by atoms with van der Waals surface area (Å²) in [6.07, 6.45) is 14.3. The van der Waals surface area contributed by atoms with Gasteiger partial charge in [-0.25, -0.2) is 0 Å². The van der Waals surface area contributed by atoms with Crippen LogP contribution in [-0.4, -0.2) is 0 Å². The zero-order valence-corrected chi connectivity index (χ0v) is 8.29. The van der Waals surface area contributed by atoms with E-state index in [0.29, 0.717) is 5.92 Å². The van der Waals surface area contributed by atoms with Crippen molar-refractivity contribution in [2.75, 3.05) is 0 Å². The Bertz CT molecular complexity index is 151. The SMILES string of the molecule is C=CC(C=CC)CCC=CCC. The van der Waals surface area contributed by atoms with Crippen molar-refractivity contribution in [3.8, 4) is 0 Å². The molecule has 1 unspecified atom stereocenters. The van der Waals surface area contributed by atoms with Gasteiger partial charge >= 0.3 is 0 Å². The van der Waals surface area contributed by atoms with Gasteiger partial charge in [0.15, 0.2) is 0 Å². The highest BCUT2D eigenvalue weighted by molar-refractivity contribution is 4.96. The quantitative estimate of drug-likeness (QED) is 0.518. The van der Waals surface area contributed by atoms with Crippen molar-refractivity contribution in [3.63, 3.8) is 0 Å². The first kappa shape index (κ1) is 11.2. The molecule has 0 saturated heterocycles. The van der Waals surface area contributed by atoms with Crippen LogP contribution < -0.4 is 0 Å². The fraction of sp³-hybridized carbons (Fsp3) is 0.500. The largest absolute Gasteiger partial charge is 0.102 e. The molecule has 0 rings (SSSR count). The van der Waals surface area contributed by atoms with Crippen LogP contribution in [0.25, 0.3) is 0 Å². The van der Waals surface area contributed by atoms with Crippen molar-refractivity contribution in [2.45, 2.75) is 33.1 Å². The lowest BCUT2D eigenvalue weighted by Crippen LogP contribution is -1.89. The molecule has 0 nitrogen and oxygen atoms in total. The molecule has 12 heavy (non-hydrogen) atoms. The second-order valence-electron chi connectivity index (χ2n) is 2.88. The van der Waals surface area contributed by atoms with E-state index < -0.39 is 0 Å². The minimum Gasteiger partial charge on any atom is -0.102 e. The molecule has 0 saturated carbocycles. The van der Waals surface area contributed by atoms with Crippen molar-refractivity contribution in [2.24, 2.45) is 5.92 Å². The Balaban J connectivity index is 3.58. The summed E-state index contributed by atoms with van der Waals surface area (Å²) in [7, 11) is 0. The summed E-state index contributed by atoms with van der Waals surface area (Å²) in [6.45, 7) is 8.02. The average Bonchev–Trinajstić information content (AvgIpc) is 2.10. The molecule has 0 aromatic rings. The third-order valence-corrected chi connectivity index (χ3v) is 1.81. The number of rotatable bonds is 6. The Morgan fingerprint density at radius 2 is 2.08 bits per heavy atom. The van der Waals surface area contributed by atoms with Gasteiger partial charge in [0.1, 0.15) is 0 Å².